The molecule has 2 aromatic carbocycles. The van der Waals surface area contributed by atoms with Crippen LogP contribution in [0.5, 0.6) is 11.5 Å². The first kappa shape index (κ1) is 21.4. The fraction of sp³-hybridized carbons (Fsp3) is 0.304. The fourth-order valence-corrected chi connectivity index (χ4v) is 3.82. The van der Waals surface area contributed by atoms with E-state index in [0.717, 1.165) is 0 Å². The molecule has 1 saturated carbocycles. The van der Waals surface area contributed by atoms with Crippen molar-refractivity contribution in [2.24, 2.45) is 5.92 Å². The van der Waals surface area contributed by atoms with Gasteiger partial charge in [0.15, 0.2) is 0 Å². The van der Waals surface area contributed by atoms with Crippen LogP contribution in [0.4, 0.5) is 5.69 Å². The van der Waals surface area contributed by atoms with Crippen LogP contribution in [0.3, 0.4) is 0 Å². The number of methoxy groups -OCH3 is 1. The minimum absolute atomic E-state index is 0.101. The van der Waals surface area contributed by atoms with Gasteiger partial charge in [0.05, 0.1) is 23.5 Å². The lowest BCUT2D eigenvalue weighted by Gasteiger charge is -2.36. The van der Waals surface area contributed by atoms with Crippen molar-refractivity contribution in [3.8, 4) is 11.5 Å². The van der Waals surface area contributed by atoms with Crippen molar-refractivity contribution in [2.45, 2.75) is 31.5 Å². The Morgan fingerprint density at radius 2 is 1.75 bits per heavy atom. The monoisotopic (exact) mass is 439 g/mol. The summed E-state index contributed by atoms with van der Waals surface area (Å²) < 4.78 is 22.1. The van der Waals surface area contributed by atoms with Crippen LogP contribution >= 0.6 is 0 Å². The Bertz CT molecular complexity index is 1040. The average molecular weight is 439 g/mol. The summed E-state index contributed by atoms with van der Waals surface area (Å²) in [6.45, 7) is 0. The number of carbonyl (C=O) groups excluding carboxylic acids is 2. The van der Waals surface area contributed by atoms with Gasteiger partial charge in [-0.25, -0.2) is 4.79 Å². The molecule has 0 aromatic heterocycles. The molecule has 4 rings (SSSR count). The number of benzene rings is 2. The van der Waals surface area contributed by atoms with Gasteiger partial charge in [0.2, 0.25) is 11.5 Å². The molecule has 0 spiro atoms. The third-order valence-corrected chi connectivity index (χ3v) is 5.55. The van der Waals surface area contributed by atoms with Crippen molar-refractivity contribution in [1.29, 1.82) is 0 Å². The number of non-ortho nitro benzene ring substituents is 1. The van der Waals surface area contributed by atoms with E-state index < -0.39 is 23.1 Å². The Morgan fingerprint density at radius 1 is 1.06 bits per heavy atom. The largest absolute Gasteiger partial charge is 0.497 e. The van der Waals surface area contributed by atoms with Crippen molar-refractivity contribution in [3.05, 3.63) is 76.2 Å². The minimum atomic E-state index is -0.565. The van der Waals surface area contributed by atoms with Crippen molar-refractivity contribution in [3.63, 3.8) is 0 Å². The normalized spacial score (nSPS) is 22.1. The van der Waals surface area contributed by atoms with Crippen LogP contribution in [-0.4, -0.2) is 36.0 Å². The van der Waals surface area contributed by atoms with Gasteiger partial charge in [-0.3, -0.25) is 14.9 Å². The Balaban J connectivity index is 1.35. The number of hydrogen-bond acceptors (Lipinski definition) is 8. The summed E-state index contributed by atoms with van der Waals surface area (Å²) in [6.07, 6.45) is 1.87. The quantitative estimate of drug-likeness (QED) is 0.379. The predicted molar refractivity (Wildman–Crippen MR) is 111 cm³/mol. The molecule has 1 aliphatic heterocycles. The molecule has 3 unspecified atom stereocenters. The first-order valence-corrected chi connectivity index (χ1v) is 10.1. The van der Waals surface area contributed by atoms with Gasteiger partial charge in [-0.1, -0.05) is 0 Å². The lowest BCUT2D eigenvalue weighted by molar-refractivity contribution is -0.384. The molecule has 9 heteroatoms. The van der Waals surface area contributed by atoms with Crippen molar-refractivity contribution in [2.75, 3.05) is 7.11 Å². The molecule has 0 amide bonds. The number of Topliss-reactive ketones (excluding diaryl/α,β-unsaturated/α-hetero) is 1. The van der Waals surface area contributed by atoms with E-state index in [1.54, 1.807) is 31.4 Å². The van der Waals surface area contributed by atoms with Crippen LogP contribution < -0.4 is 9.47 Å². The van der Waals surface area contributed by atoms with Crippen LogP contribution in [0.1, 0.15) is 29.6 Å². The smallest absolute Gasteiger partial charge is 0.338 e. The first-order valence-electron chi connectivity index (χ1n) is 10.1. The number of fused-ring (bicyclic) bond motifs is 1. The number of ether oxygens (including phenoxy) is 4. The number of allylic oxidation sites excluding steroid dienone is 1. The van der Waals surface area contributed by atoms with E-state index in [1.807, 2.05) is 0 Å². The van der Waals surface area contributed by atoms with E-state index in [0.29, 0.717) is 30.8 Å². The maximum absolute atomic E-state index is 12.9. The molecule has 166 valence electrons. The summed E-state index contributed by atoms with van der Waals surface area (Å²) in [6, 6.07) is 12.1. The Kier molecular flexibility index (Phi) is 6.07. The van der Waals surface area contributed by atoms with E-state index in [1.165, 1.54) is 30.5 Å². The van der Waals surface area contributed by atoms with Gasteiger partial charge in [-0.2, -0.15) is 0 Å². The number of carbonyl (C=O) groups is 2. The third kappa shape index (κ3) is 4.56. The molecular weight excluding hydrogens is 418 g/mol. The Hall–Kier alpha value is -3.88. The number of nitrogens with zero attached hydrogens (tertiary/aromatic N) is 1. The molecule has 0 saturated heterocycles. The third-order valence-electron chi connectivity index (χ3n) is 5.55. The number of rotatable bonds is 6. The summed E-state index contributed by atoms with van der Waals surface area (Å²) in [5, 5.41) is 10.7. The minimum Gasteiger partial charge on any atom is -0.497 e. The summed E-state index contributed by atoms with van der Waals surface area (Å²) in [5.41, 5.74) is 0.129. The molecular formula is C23H21NO8. The van der Waals surface area contributed by atoms with Gasteiger partial charge in [0.1, 0.15) is 30.0 Å². The van der Waals surface area contributed by atoms with Crippen LogP contribution in [0.15, 0.2) is 60.6 Å². The fourth-order valence-electron chi connectivity index (χ4n) is 3.82. The maximum atomic E-state index is 12.9. The van der Waals surface area contributed by atoms with Crippen LogP contribution in [0.25, 0.3) is 0 Å². The highest BCUT2D eigenvalue weighted by atomic mass is 16.6. The standard InChI is InChI=1S/C23H21NO8/c1-29-16-6-8-17(9-7-16)31-21-13-30-20-12-18(10-11-19(20)22(21)25)32-23(26)14-2-4-15(5-3-14)24(27)28/h2-9,13,18-20H,10-12H2,1H3. The summed E-state index contributed by atoms with van der Waals surface area (Å²) in [5.74, 6) is 0.236. The second-order valence-corrected chi connectivity index (χ2v) is 7.55. The molecule has 0 bridgehead atoms. The van der Waals surface area contributed by atoms with Gasteiger partial charge >= 0.3 is 5.97 Å². The molecule has 2 aromatic rings. The number of ketones is 1. The van der Waals surface area contributed by atoms with E-state index in [4.69, 9.17) is 18.9 Å². The number of nitro benzene ring substituents is 1. The highest BCUT2D eigenvalue weighted by Gasteiger charge is 2.42. The summed E-state index contributed by atoms with van der Waals surface area (Å²) >= 11 is 0. The van der Waals surface area contributed by atoms with Crippen LogP contribution in [-0.2, 0) is 14.3 Å². The average Bonchev–Trinajstić information content (AvgIpc) is 2.81. The summed E-state index contributed by atoms with van der Waals surface area (Å²) in [4.78, 5) is 35.4. The number of nitro groups is 1. The van der Waals surface area contributed by atoms with E-state index in [9.17, 15) is 19.7 Å². The molecule has 0 radical (unpaired) electrons. The molecule has 1 aliphatic carbocycles. The van der Waals surface area contributed by atoms with Gasteiger partial charge in [0.25, 0.3) is 5.69 Å². The van der Waals surface area contributed by atoms with Gasteiger partial charge in [0, 0.05) is 18.6 Å². The highest BCUT2D eigenvalue weighted by Crippen LogP contribution is 2.35. The highest BCUT2D eigenvalue weighted by molar-refractivity contribution is 5.96. The molecule has 32 heavy (non-hydrogen) atoms. The van der Waals surface area contributed by atoms with Crippen molar-refractivity contribution in [1.82, 2.24) is 0 Å². The maximum Gasteiger partial charge on any atom is 0.338 e. The molecule has 2 aliphatic rings. The Labute approximate surface area is 183 Å². The van der Waals surface area contributed by atoms with E-state index >= 15 is 0 Å². The van der Waals surface area contributed by atoms with Gasteiger partial charge in [-0.15, -0.1) is 0 Å². The zero-order chi connectivity index (χ0) is 22.7. The number of esters is 1. The second-order valence-electron chi connectivity index (χ2n) is 7.55. The van der Waals surface area contributed by atoms with E-state index in [-0.39, 0.29) is 28.7 Å². The predicted octanol–water partition coefficient (Wildman–Crippen LogP) is 3.82. The zero-order valence-corrected chi connectivity index (χ0v) is 17.3. The van der Waals surface area contributed by atoms with Gasteiger partial charge < -0.3 is 18.9 Å². The lowest BCUT2D eigenvalue weighted by Crippen LogP contribution is -2.43. The topological polar surface area (TPSA) is 114 Å². The second kappa shape index (κ2) is 9.09. The Morgan fingerprint density at radius 3 is 2.41 bits per heavy atom. The van der Waals surface area contributed by atoms with Crippen LogP contribution in [0, 0.1) is 16.0 Å². The van der Waals surface area contributed by atoms with Gasteiger partial charge in [-0.05, 0) is 49.2 Å². The first-order chi connectivity index (χ1) is 15.4. The van der Waals surface area contributed by atoms with Crippen molar-refractivity contribution < 1.29 is 33.5 Å². The summed E-state index contributed by atoms with van der Waals surface area (Å²) in [7, 11) is 1.57. The van der Waals surface area contributed by atoms with Crippen molar-refractivity contribution >= 4 is 17.4 Å². The van der Waals surface area contributed by atoms with E-state index in [2.05, 4.69) is 0 Å². The number of hydrogen-bond donors (Lipinski definition) is 0. The lowest BCUT2D eigenvalue weighted by atomic mass is 9.80. The molecule has 0 N–H and O–H groups in total. The SMILES string of the molecule is COc1ccc(OC2=COC3CC(OC(=O)c4ccc([N+](=O)[O-])cc4)CCC3C2=O)cc1. The molecule has 3 atom stereocenters. The molecule has 1 heterocycles. The molecule has 1 fully saturated rings. The van der Waals surface area contributed by atoms with Crippen LogP contribution in [0.2, 0.25) is 0 Å². The molecule has 9 nitrogen and oxygen atoms in total. The zero-order valence-electron chi connectivity index (χ0n) is 17.3.